The Labute approximate surface area is 150 Å². The highest BCUT2D eigenvalue weighted by Gasteiger charge is 2.33. The van der Waals surface area contributed by atoms with E-state index in [-0.39, 0.29) is 30.1 Å². The van der Waals surface area contributed by atoms with Gasteiger partial charge in [-0.15, -0.1) is 0 Å². The average Bonchev–Trinajstić information content (AvgIpc) is 2.88. The molecular formula is C19H29N3O3. The van der Waals surface area contributed by atoms with Gasteiger partial charge in [0.2, 0.25) is 5.91 Å². The minimum Gasteiger partial charge on any atom is -0.494 e. The van der Waals surface area contributed by atoms with E-state index in [1.54, 1.807) is 9.80 Å². The monoisotopic (exact) mass is 347 g/mol. The number of urea groups is 1. The average molecular weight is 347 g/mol. The summed E-state index contributed by atoms with van der Waals surface area (Å²) >= 11 is 0. The summed E-state index contributed by atoms with van der Waals surface area (Å²) in [6.45, 7) is 11.0. The van der Waals surface area contributed by atoms with Gasteiger partial charge in [-0.2, -0.15) is 0 Å². The zero-order chi connectivity index (χ0) is 18.6. The zero-order valence-electron chi connectivity index (χ0n) is 15.8. The van der Waals surface area contributed by atoms with Crippen LogP contribution < -0.4 is 15.0 Å². The molecule has 0 unspecified atom stereocenters. The number of rotatable bonds is 6. The first-order valence-electron chi connectivity index (χ1n) is 8.95. The van der Waals surface area contributed by atoms with E-state index in [1.165, 1.54) is 0 Å². The number of ether oxygens (including phenoxy) is 1. The predicted molar refractivity (Wildman–Crippen MR) is 99.0 cm³/mol. The normalized spacial score (nSPS) is 17.3. The van der Waals surface area contributed by atoms with Crippen LogP contribution >= 0.6 is 0 Å². The highest BCUT2D eigenvalue weighted by Crippen LogP contribution is 2.24. The van der Waals surface area contributed by atoms with E-state index in [0.717, 1.165) is 11.4 Å². The third kappa shape index (κ3) is 4.65. The fraction of sp³-hybridized carbons (Fsp3) is 0.579. The molecule has 0 aliphatic carbocycles. The summed E-state index contributed by atoms with van der Waals surface area (Å²) in [6, 6.07) is 7.40. The summed E-state index contributed by atoms with van der Waals surface area (Å²) in [6.07, 6.45) is 0.322. The minimum absolute atomic E-state index is 0.0232. The molecule has 1 fully saturated rings. The van der Waals surface area contributed by atoms with Crippen molar-refractivity contribution < 1.29 is 14.3 Å². The second-order valence-corrected chi connectivity index (χ2v) is 6.88. The molecule has 0 saturated carbocycles. The van der Waals surface area contributed by atoms with Crippen molar-refractivity contribution >= 4 is 17.6 Å². The second-order valence-electron chi connectivity index (χ2n) is 6.88. The van der Waals surface area contributed by atoms with Crippen molar-refractivity contribution in [1.29, 1.82) is 0 Å². The summed E-state index contributed by atoms with van der Waals surface area (Å²) in [7, 11) is 0. The lowest BCUT2D eigenvalue weighted by molar-refractivity contribution is -0.117. The van der Waals surface area contributed by atoms with Crippen molar-refractivity contribution in [2.45, 2.75) is 59.2 Å². The molecule has 1 aromatic rings. The first-order valence-corrected chi connectivity index (χ1v) is 8.95. The number of benzene rings is 1. The quantitative estimate of drug-likeness (QED) is 0.860. The number of amides is 3. The van der Waals surface area contributed by atoms with Gasteiger partial charge < -0.3 is 19.9 Å². The maximum absolute atomic E-state index is 12.5. The first-order chi connectivity index (χ1) is 11.8. The fourth-order valence-corrected chi connectivity index (χ4v) is 3.26. The van der Waals surface area contributed by atoms with Crippen molar-refractivity contribution in [3.8, 4) is 5.75 Å². The molecule has 3 amide bonds. The number of hydrogen-bond donors (Lipinski definition) is 1. The van der Waals surface area contributed by atoms with Crippen LogP contribution in [0.4, 0.5) is 10.5 Å². The van der Waals surface area contributed by atoms with Gasteiger partial charge in [-0.3, -0.25) is 4.79 Å². The largest absolute Gasteiger partial charge is 0.494 e. The first kappa shape index (κ1) is 19.1. The molecule has 6 nitrogen and oxygen atoms in total. The predicted octanol–water partition coefficient (Wildman–Crippen LogP) is 3.02. The van der Waals surface area contributed by atoms with Crippen molar-refractivity contribution in [2.75, 3.05) is 18.1 Å². The third-order valence-electron chi connectivity index (χ3n) is 4.26. The van der Waals surface area contributed by atoms with Crippen LogP contribution in [0.5, 0.6) is 5.75 Å². The molecule has 0 aromatic heterocycles. The molecular weight excluding hydrogens is 318 g/mol. The lowest BCUT2D eigenvalue weighted by Crippen LogP contribution is -2.51. The van der Waals surface area contributed by atoms with Crippen LogP contribution in [0.25, 0.3) is 0 Å². The molecule has 1 saturated heterocycles. The Balaban J connectivity index is 2.01. The molecule has 1 N–H and O–H groups in total. The number of hydrogen-bond acceptors (Lipinski definition) is 3. The van der Waals surface area contributed by atoms with Crippen molar-refractivity contribution in [2.24, 2.45) is 0 Å². The maximum Gasteiger partial charge on any atom is 0.318 e. The summed E-state index contributed by atoms with van der Waals surface area (Å²) in [4.78, 5) is 28.4. The topological polar surface area (TPSA) is 61.9 Å². The van der Waals surface area contributed by atoms with E-state index in [9.17, 15) is 9.59 Å². The van der Waals surface area contributed by atoms with Crippen LogP contribution in [-0.4, -0.2) is 48.1 Å². The van der Waals surface area contributed by atoms with Crippen LogP contribution in [0.15, 0.2) is 24.3 Å². The Morgan fingerprint density at radius 2 is 1.84 bits per heavy atom. The van der Waals surface area contributed by atoms with Gasteiger partial charge in [-0.1, -0.05) is 0 Å². The molecule has 138 valence electrons. The Kier molecular flexibility index (Phi) is 6.28. The van der Waals surface area contributed by atoms with E-state index < -0.39 is 0 Å². The van der Waals surface area contributed by atoms with Gasteiger partial charge in [0.1, 0.15) is 5.75 Å². The second kappa shape index (κ2) is 8.23. The van der Waals surface area contributed by atoms with Crippen molar-refractivity contribution in [3.05, 3.63) is 24.3 Å². The van der Waals surface area contributed by atoms with E-state index >= 15 is 0 Å². The lowest BCUT2D eigenvalue weighted by atomic mass is 10.2. The molecule has 1 aliphatic heterocycles. The van der Waals surface area contributed by atoms with E-state index in [4.69, 9.17) is 4.74 Å². The molecule has 1 atom stereocenters. The molecule has 1 aromatic carbocycles. The molecule has 6 heteroatoms. The van der Waals surface area contributed by atoms with Gasteiger partial charge in [-0.25, -0.2) is 4.79 Å². The molecule has 25 heavy (non-hydrogen) atoms. The smallest absolute Gasteiger partial charge is 0.318 e. The van der Waals surface area contributed by atoms with E-state index in [2.05, 4.69) is 5.32 Å². The van der Waals surface area contributed by atoms with Crippen LogP contribution in [0.3, 0.4) is 0 Å². The molecule has 0 radical (unpaired) electrons. The number of nitrogens with zero attached hydrogens (tertiary/aromatic N) is 2. The van der Waals surface area contributed by atoms with E-state index in [0.29, 0.717) is 19.6 Å². The number of nitrogens with one attached hydrogen (secondary N) is 1. The van der Waals surface area contributed by atoms with Gasteiger partial charge in [0.05, 0.1) is 12.6 Å². The Morgan fingerprint density at radius 1 is 1.24 bits per heavy atom. The van der Waals surface area contributed by atoms with Crippen LogP contribution in [0.2, 0.25) is 0 Å². The maximum atomic E-state index is 12.5. The molecule has 1 heterocycles. The van der Waals surface area contributed by atoms with Crippen LogP contribution in [-0.2, 0) is 4.79 Å². The summed E-state index contributed by atoms with van der Waals surface area (Å²) < 4.78 is 5.43. The van der Waals surface area contributed by atoms with Gasteiger partial charge >= 0.3 is 6.03 Å². The molecule has 2 rings (SSSR count). The van der Waals surface area contributed by atoms with Gasteiger partial charge in [0, 0.05) is 30.7 Å². The summed E-state index contributed by atoms with van der Waals surface area (Å²) in [5, 5.41) is 3.00. The zero-order valence-corrected chi connectivity index (χ0v) is 15.8. The minimum atomic E-state index is -0.174. The molecule has 0 spiro atoms. The van der Waals surface area contributed by atoms with Gasteiger partial charge in [-0.05, 0) is 58.9 Å². The molecule has 0 bridgehead atoms. The Hall–Kier alpha value is -2.24. The van der Waals surface area contributed by atoms with Gasteiger partial charge in [0.25, 0.3) is 0 Å². The Morgan fingerprint density at radius 3 is 2.36 bits per heavy atom. The number of carbonyl (C=O) groups is 2. The van der Waals surface area contributed by atoms with Crippen molar-refractivity contribution in [3.63, 3.8) is 0 Å². The van der Waals surface area contributed by atoms with Crippen LogP contribution in [0.1, 0.15) is 41.0 Å². The number of anilines is 1. The third-order valence-corrected chi connectivity index (χ3v) is 4.26. The standard InChI is InChI=1S/C19H29N3O3/c1-6-25-17-9-7-16(8-10-17)21-12-15(11-18(21)23)20-19(24)22(13(2)3)14(4)5/h7-10,13-15H,6,11-12H2,1-5H3,(H,20,24)/t15-/m1/s1. The Bertz CT molecular complexity index is 590. The summed E-state index contributed by atoms with van der Waals surface area (Å²) in [5.41, 5.74) is 0.828. The fourth-order valence-electron chi connectivity index (χ4n) is 3.26. The SMILES string of the molecule is CCOc1ccc(N2C[C@H](NC(=O)N(C(C)C)C(C)C)CC2=O)cc1. The highest BCUT2D eigenvalue weighted by molar-refractivity contribution is 5.96. The lowest BCUT2D eigenvalue weighted by Gasteiger charge is -2.32. The van der Waals surface area contributed by atoms with Gasteiger partial charge in [0.15, 0.2) is 0 Å². The van der Waals surface area contributed by atoms with Crippen molar-refractivity contribution in [1.82, 2.24) is 10.2 Å². The molecule has 1 aliphatic rings. The van der Waals surface area contributed by atoms with Crippen LogP contribution in [0, 0.1) is 0 Å². The highest BCUT2D eigenvalue weighted by atomic mass is 16.5. The number of carbonyl (C=O) groups excluding carboxylic acids is 2. The van der Waals surface area contributed by atoms with E-state index in [1.807, 2.05) is 58.9 Å². The summed E-state index contributed by atoms with van der Waals surface area (Å²) in [5.74, 6) is 0.808.